The molecule has 0 fully saturated rings. The lowest BCUT2D eigenvalue weighted by atomic mass is 10.4. The number of nitrogens with two attached hydrogens (primary N) is 1. The largest absolute Gasteiger partial charge is 0.476 e. The highest BCUT2D eigenvalue weighted by atomic mass is 16.5. The molecular weight excluding hydrogens is 142 g/mol. The number of rotatable bonds is 3. The molecule has 0 saturated heterocycles. The smallest absolute Gasteiger partial charge is 0.211 e. The van der Waals surface area contributed by atoms with Gasteiger partial charge in [-0.05, 0) is 6.92 Å². The molecule has 1 aromatic rings. The van der Waals surface area contributed by atoms with Crippen molar-refractivity contribution >= 4 is 0 Å². The van der Waals surface area contributed by atoms with Gasteiger partial charge in [0, 0.05) is 19.2 Å². The summed E-state index contributed by atoms with van der Waals surface area (Å²) in [5.41, 5.74) is 5.50. The third-order valence-electron chi connectivity index (χ3n) is 1.27. The van der Waals surface area contributed by atoms with Crippen LogP contribution in [0.3, 0.4) is 0 Å². The Bertz CT molecular complexity index is 219. The van der Waals surface area contributed by atoms with Gasteiger partial charge in [0.05, 0.1) is 6.20 Å². The van der Waals surface area contributed by atoms with E-state index in [4.69, 9.17) is 10.5 Å². The molecule has 1 atom stereocenters. The highest BCUT2D eigenvalue weighted by Gasteiger charge is 1.99. The van der Waals surface area contributed by atoms with Crippen molar-refractivity contribution in [1.29, 1.82) is 0 Å². The van der Waals surface area contributed by atoms with Crippen molar-refractivity contribution in [3.05, 3.63) is 12.3 Å². The molecule has 1 heterocycles. The zero-order valence-corrected chi connectivity index (χ0v) is 6.82. The van der Waals surface area contributed by atoms with Gasteiger partial charge in [-0.3, -0.25) is 0 Å². The quantitative estimate of drug-likeness (QED) is 0.675. The lowest BCUT2D eigenvalue weighted by Crippen LogP contribution is -2.24. The standard InChI is InChI=1S/C7H13N3O/c1-6(8)5-11-7-3-4-9-10(7)2/h3-4,6H,5,8H2,1-2H3. The predicted octanol–water partition coefficient (Wildman–Crippen LogP) is 0.146. The van der Waals surface area contributed by atoms with Crippen molar-refractivity contribution < 1.29 is 4.74 Å². The van der Waals surface area contributed by atoms with Crippen molar-refractivity contribution in [3.8, 4) is 5.88 Å². The van der Waals surface area contributed by atoms with Gasteiger partial charge in [-0.2, -0.15) is 5.10 Å². The summed E-state index contributed by atoms with van der Waals surface area (Å²) in [6, 6.07) is 1.87. The highest BCUT2D eigenvalue weighted by Crippen LogP contribution is 2.06. The molecule has 11 heavy (non-hydrogen) atoms. The molecule has 1 unspecified atom stereocenters. The molecular formula is C7H13N3O. The average Bonchev–Trinajstić information content (AvgIpc) is 2.31. The second-order valence-corrected chi connectivity index (χ2v) is 2.58. The number of aromatic nitrogens is 2. The van der Waals surface area contributed by atoms with Crippen LogP contribution < -0.4 is 10.5 Å². The SMILES string of the molecule is CC(N)COc1ccnn1C. The van der Waals surface area contributed by atoms with Crippen LogP contribution in [0.2, 0.25) is 0 Å². The summed E-state index contributed by atoms with van der Waals surface area (Å²) in [5.74, 6) is 0.752. The first-order valence-corrected chi connectivity index (χ1v) is 3.56. The van der Waals surface area contributed by atoms with Crippen LogP contribution in [0.4, 0.5) is 0 Å². The van der Waals surface area contributed by atoms with Gasteiger partial charge >= 0.3 is 0 Å². The van der Waals surface area contributed by atoms with Gasteiger partial charge in [-0.25, -0.2) is 4.68 Å². The third-order valence-corrected chi connectivity index (χ3v) is 1.27. The van der Waals surface area contributed by atoms with E-state index in [9.17, 15) is 0 Å². The molecule has 0 bridgehead atoms. The highest BCUT2D eigenvalue weighted by molar-refractivity contribution is 5.06. The van der Waals surface area contributed by atoms with E-state index in [1.165, 1.54) is 0 Å². The molecule has 0 aromatic carbocycles. The van der Waals surface area contributed by atoms with Crippen molar-refractivity contribution in [2.45, 2.75) is 13.0 Å². The molecule has 0 aliphatic rings. The summed E-state index contributed by atoms with van der Waals surface area (Å²) < 4.78 is 6.98. The van der Waals surface area contributed by atoms with Crippen molar-refractivity contribution in [1.82, 2.24) is 9.78 Å². The van der Waals surface area contributed by atoms with Crippen LogP contribution >= 0.6 is 0 Å². The van der Waals surface area contributed by atoms with Crippen LogP contribution in [-0.4, -0.2) is 22.4 Å². The molecule has 0 aliphatic heterocycles. The Kier molecular flexibility index (Phi) is 2.48. The molecule has 0 saturated carbocycles. The summed E-state index contributed by atoms with van der Waals surface area (Å²) in [4.78, 5) is 0. The number of ether oxygens (including phenoxy) is 1. The Morgan fingerprint density at radius 3 is 3.00 bits per heavy atom. The number of nitrogens with zero attached hydrogens (tertiary/aromatic N) is 2. The zero-order valence-electron chi connectivity index (χ0n) is 6.82. The van der Waals surface area contributed by atoms with E-state index in [1.807, 2.05) is 20.0 Å². The lowest BCUT2D eigenvalue weighted by Gasteiger charge is -2.07. The van der Waals surface area contributed by atoms with E-state index in [1.54, 1.807) is 10.9 Å². The van der Waals surface area contributed by atoms with Gasteiger partial charge in [-0.15, -0.1) is 0 Å². The van der Waals surface area contributed by atoms with Crippen molar-refractivity contribution in [3.63, 3.8) is 0 Å². The summed E-state index contributed by atoms with van der Waals surface area (Å²) in [7, 11) is 1.83. The molecule has 0 amide bonds. The van der Waals surface area contributed by atoms with Crippen LogP contribution in [0, 0.1) is 0 Å². The molecule has 2 N–H and O–H groups in total. The fourth-order valence-electron chi connectivity index (χ4n) is 0.720. The molecule has 0 spiro atoms. The number of aryl methyl sites for hydroxylation is 1. The first-order valence-electron chi connectivity index (χ1n) is 3.56. The maximum absolute atomic E-state index is 5.50. The van der Waals surface area contributed by atoms with E-state index >= 15 is 0 Å². The molecule has 1 aromatic heterocycles. The van der Waals surface area contributed by atoms with Crippen LogP contribution in [0.5, 0.6) is 5.88 Å². The lowest BCUT2D eigenvalue weighted by molar-refractivity contribution is 0.272. The van der Waals surface area contributed by atoms with E-state index in [2.05, 4.69) is 5.10 Å². The van der Waals surface area contributed by atoms with Gasteiger partial charge in [0.15, 0.2) is 0 Å². The molecule has 0 radical (unpaired) electrons. The molecule has 62 valence electrons. The second-order valence-electron chi connectivity index (χ2n) is 2.58. The summed E-state index contributed by atoms with van der Waals surface area (Å²) in [5, 5.41) is 3.95. The minimum absolute atomic E-state index is 0.0601. The molecule has 4 heteroatoms. The maximum Gasteiger partial charge on any atom is 0.211 e. The van der Waals surface area contributed by atoms with E-state index < -0.39 is 0 Å². The molecule has 4 nitrogen and oxygen atoms in total. The summed E-state index contributed by atoms with van der Waals surface area (Å²) >= 11 is 0. The van der Waals surface area contributed by atoms with Crippen LogP contribution in [0.15, 0.2) is 12.3 Å². The van der Waals surface area contributed by atoms with Crippen LogP contribution in [0.25, 0.3) is 0 Å². The van der Waals surface area contributed by atoms with Gasteiger partial charge in [0.25, 0.3) is 0 Å². The first kappa shape index (κ1) is 8.07. The monoisotopic (exact) mass is 155 g/mol. The summed E-state index contributed by atoms with van der Waals surface area (Å²) in [6.45, 7) is 2.43. The Labute approximate surface area is 66.0 Å². The Balaban J connectivity index is 2.44. The van der Waals surface area contributed by atoms with Gasteiger partial charge < -0.3 is 10.5 Å². The van der Waals surface area contributed by atoms with Gasteiger partial charge in [0.1, 0.15) is 6.61 Å². The minimum Gasteiger partial charge on any atom is -0.476 e. The predicted molar refractivity (Wildman–Crippen MR) is 42.4 cm³/mol. The Morgan fingerprint density at radius 2 is 2.55 bits per heavy atom. The van der Waals surface area contributed by atoms with Gasteiger partial charge in [-0.1, -0.05) is 0 Å². The maximum atomic E-state index is 5.50. The second kappa shape index (κ2) is 3.39. The topological polar surface area (TPSA) is 53.1 Å². The normalized spacial score (nSPS) is 13.0. The van der Waals surface area contributed by atoms with Crippen LogP contribution in [-0.2, 0) is 7.05 Å². The number of hydrogen-bond acceptors (Lipinski definition) is 3. The molecule has 1 rings (SSSR count). The van der Waals surface area contributed by atoms with Gasteiger partial charge in [0.2, 0.25) is 5.88 Å². The number of hydrogen-bond donors (Lipinski definition) is 1. The van der Waals surface area contributed by atoms with Crippen molar-refractivity contribution in [2.24, 2.45) is 12.8 Å². The summed E-state index contributed by atoms with van der Waals surface area (Å²) in [6.07, 6.45) is 1.69. The minimum atomic E-state index is 0.0601. The zero-order chi connectivity index (χ0) is 8.27. The first-order chi connectivity index (χ1) is 5.20. The average molecular weight is 155 g/mol. The molecule has 0 aliphatic carbocycles. The Hall–Kier alpha value is -1.03. The van der Waals surface area contributed by atoms with E-state index in [0.717, 1.165) is 5.88 Å². The van der Waals surface area contributed by atoms with Crippen molar-refractivity contribution in [2.75, 3.05) is 6.61 Å². The third kappa shape index (κ3) is 2.23. The van der Waals surface area contributed by atoms with E-state index in [-0.39, 0.29) is 6.04 Å². The van der Waals surface area contributed by atoms with E-state index in [0.29, 0.717) is 6.61 Å². The Morgan fingerprint density at radius 1 is 1.82 bits per heavy atom. The fourth-order valence-corrected chi connectivity index (χ4v) is 0.720. The van der Waals surface area contributed by atoms with Crippen LogP contribution in [0.1, 0.15) is 6.92 Å². The fraction of sp³-hybridized carbons (Fsp3) is 0.571.